The number of rotatable bonds is 5. The molecule has 0 saturated carbocycles. The van der Waals surface area contributed by atoms with Gasteiger partial charge in [-0.2, -0.15) is 5.26 Å². The van der Waals surface area contributed by atoms with Crippen molar-refractivity contribution < 1.29 is 9.18 Å². The van der Waals surface area contributed by atoms with Crippen LogP contribution in [0.2, 0.25) is 0 Å². The molecule has 1 amide bonds. The Morgan fingerprint density at radius 3 is 2.56 bits per heavy atom. The van der Waals surface area contributed by atoms with Crippen LogP contribution in [0.1, 0.15) is 24.0 Å². The zero-order valence-corrected chi connectivity index (χ0v) is 17.6. The summed E-state index contributed by atoms with van der Waals surface area (Å²) in [4.78, 5) is 28.0. The van der Waals surface area contributed by atoms with Crippen molar-refractivity contribution in [2.24, 2.45) is 0 Å². The van der Waals surface area contributed by atoms with Crippen LogP contribution in [-0.4, -0.2) is 29.6 Å². The van der Waals surface area contributed by atoms with Crippen LogP contribution in [0.4, 0.5) is 10.1 Å². The number of piperidine rings is 1. The van der Waals surface area contributed by atoms with Crippen molar-refractivity contribution in [2.75, 3.05) is 18.0 Å². The average molecular weight is 430 g/mol. The molecule has 0 atom stereocenters. The zero-order chi connectivity index (χ0) is 22.7. The van der Waals surface area contributed by atoms with Gasteiger partial charge in [-0.15, -0.1) is 0 Å². The highest BCUT2D eigenvalue weighted by Gasteiger charge is 2.31. The molecule has 1 N–H and O–H groups in total. The molecule has 3 aromatic rings. The SMILES string of the molecule is C=CC(=O)N(c1c(C#N)c(=O)n(Cc2ccc(F)cc2)c2ccccc12)C1CCNCC1. The zero-order valence-electron chi connectivity index (χ0n) is 17.6. The van der Waals surface area contributed by atoms with Gasteiger partial charge in [0.25, 0.3) is 11.5 Å². The molecular weight excluding hydrogens is 407 g/mol. The van der Waals surface area contributed by atoms with Crippen LogP contribution < -0.4 is 15.8 Å². The molecular formula is C25H23FN4O2. The van der Waals surface area contributed by atoms with Crippen LogP contribution in [0.5, 0.6) is 0 Å². The van der Waals surface area contributed by atoms with Gasteiger partial charge in [0.2, 0.25) is 0 Å². The average Bonchev–Trinajstić information content (AvgIpc) is 2.83. The quantitative estimate of drug-likeness (QED) is 0.630. The summed E-state index contributed by atoms with van der Waals surface area (Å²) >= 11 is 0. The molecule has 4 rings (SSSR count). The molecule has 1 saturated heterocycles. The van der Waals surface area contributed by atoms with Crippen LogP contribution in [0, 0.1) is 17.1 Å². The summed E-state index contributed by atoms with van der Waals surface area (Å²) in [6.07, 6.45) is 2.64. The van der Waals surface area contributed by atoms with Gasteiger partial charge < -0.3 is 14.8 Å². The number of nitrogens with one attached hydrogen (secondary N) is 1. The first-order valence-corrected chi connectivity index (χ1v) is 10.5. The fraction of sp³-hybridized carbons (Fsp3) is 0.240. The predicted molar refractivity (Wildman–Crippen MR) is 122 cm³/mol. The van der Waals surface area contributed by atoms with Gasteiger partial charge in [0.1, 0.15) is 17.4 Å². The molecule has 7 heteroatoms. The molecule has 0 spiro atoms. The van der Waals surface area contributed by atoms with E-state index in [9.17, 15) is 19.2 Å². The van der Waals surface area contributed by atoms with Gasteiger partial charge in [-0.3, -0.25) is 9.59 Å². The van der Waals surface area contributed by atoms with E-state index in [-0.39, 0.29) is 29.9 Å². The molecule has 0 unspecified atom stereocenters. The van der Waals surface area contributed by atoms with Crippen molar-refractivity contribution in [1.29, 1.82) is 5.26 Å². The van der Waals surface area contributed by atoms with Crippen molar-refractivity contribution >= 4 is 22.5 Å². The number of hydrogen-bond acceptors (Lipinski definition) is 4. The van der Waals surface area contributed by atoms with Gasteiger partial charge in [-0.1, -0.05) is 36.9 Å². The van der Waals surface area contributed by atoms with Gasteiger partial charge in [0.15, 0.2) is 0 Å². The van der Waals surface area contributed by atoms with Crippen LogP contribution in [0.3, 0.4) is 0 Å². The third-order valence-electron chi connectivity index (χ3n) is 5.84. The van der Waals surface area contributed by atoms with Crippen LogP contribution in [0.15, 0.2) is 66.0 Å². The van der Waals surface area contributed by atoms with Gasteiger partial charge in [-0.05, 0) is 55.8 Å². The lowest BCUT2D eigenvalue weighted by Crippen LogP contribution is -2.47. The number of halogens is 1. The van der Waals surface area contributed by atoms with Crippen molar-refractivity contribution in [3.05, 3.63) is 88.5 Å². The molecule has 1 aromatic heterocycles. The topological polar surface area (TPSA) is 78.1 Å². The first-order chi connectivity index (χ1) is 15.5. The minimum atomic E-state index is -0.485. The highest BCUT2D eigenvalue weighted by atomic mass is 19.1. The summed E-state index contributed by atoms with van der Waals surface area (Å²) in [6.45, 7) is 5.30. The van der Waals surface area contributed by atoms with Gasteiger partial charge in [0, 0.05) is 11.4 Å². The molecule has 1 aliphatic rings. The monoisotopic (exact) mass is 430 g/mol. The highest BCUT2D eigenvalue weighted by molar-refractivity contribution is 6.09. The number of benzene rings is 2. The Morgan fingerprint density at radius 1 is 1.22 bits per heavy atom. The van der Waals surface area contributed by atoms with E-state index in [1.54, 1.807) is 23.1 Å². The number of aromatic nitrogens is 1. The molecule has 2 heterocycles. The molecule has 6 nitrogen and oxygen atoms in total. The summed E-state index contributed by atoms with van der Waals surface area (Å²) in [6, 6.07) is 15.0. The van der Waals surface area contributed by atoms with E-state index in [1.807, 2.05) is 18.2 Å². The second-order valence-electron chi connectivity index (χ2n) is 7.76. The summed E-state index contributed by atoms with van der Waals surface area (Å²) in [5.74, 6) is -0.700. The maximum atomic E-state index is 13.5. The minimum absolute atomic E-state index is 0.0838. The van der Waals surface area contributed by atoms with Crippen molar-refractivity contribution in [1.82, 2.24) is 9.88 Å². The van der Waals surface area contributed by atoms with E-state index in [1.165, 1.54) is 22.8 Å². The number of nitrogens with zero attached hydrogens (tertiary/aromatic N) is 3. The number of fused-ring (bicyclic) bond motifs is 1. The predicted octanol–water partition coefficient (Wildman–Crippen LogP) is 3.33. The molecule has 1 fully saturated rings. The lowest BCUT2D eigenvalue weighted by Gasteiger charge is -2.35. The van der Waals surface area contributed by atoms with Gasteiger partial charge in [-0.25, -0.2) is 4.39 Å². The Kier molecular flexibility index (Phi) is 6.15. The fourth-order valence-corrected chi connectivity index (χ4v) is 4.31. The largest absolute Gasteiger partial charge is 0.317 e. The molecule has 32 heavy (non-hydrogen) atoms. The number of hydrogen-bond donors (Lipinski definition) is 1. The van der Waals surface area contributed by atoms with E-state index in [0.29, 0.717) is 29.4 Å². The fourth-order valence-electron chi connectivity index (χ4n) is 4.31. The van der Waals surface area contributed by atoms with E-state index in [0.717, 1.165) is 18.7 Å². The van der Waals surface area contributed by atoms with Crippen molar-refractivity contribution in [2.45, 2.75) is 25.4 Å². The van der Waals surface area contributed by atoms with Crippen molar-refractivity contribution in [3.8, 4) is 6.07 Å². The third kappa shape index (κ3) is 3.93. The summed E-state index contributed by atoms with van der Waals surface area (Å²) in [5, 5.41) is 13.9. The second kappa shape index (κ2) is 9.16. The van der Waals surface area contributed by atoms with Crippen LogP contribution in [-0.2, 0) is 11.3 Å². The highest BCUT2D eigenvalue weighted by Crippen LogP contribution is 2.32. The number of pyridine rings is 1. The maximum Gasteiger partial charge on any atom is 0.271 e. The Labute approximate surface area is 185 Å². The van der Waals surface area contributed by atoms with Crippen LogP contribution in [0.25, 0.3) is 10.9 Å². The Balaban J connectivity index is 1.96. The molecule has 2 aromatic carbocycles. The van der Waals surface area contributed by atoms with E-state index >= 15 is 0 Å². The lowest BCUT2D eigenvalue weighted by molar-refractivity contribution is -0.114. The third-order valence-corrected chi connectivity index (χ3v) is 5.84. The Morgan fingerprint density at radius 2 is 1.91 bits per heavy atom. The smallest absolute Gasteiger partial charge is 0.271 e. The molecule has 0 aliphatic carbocycles. The number of amides is 1. The van der Waals surface area contributed by atoms with E-state index < -0.39 is 5.56 Å². The molecule has 0 bridgehead atoms. The van der Waals surface area contributed by atoms with Gasteiger partial charge >= 0.3 is 0 Å². The first kappa shape index (κ1) is 21.5. The Hall–Kier alpha value is -3.76. The molecule has 1 aliphatic heterocycles. The number of carbonyl (C=O) groups is 1. The van der Waals surface area contributed by atoms with Crippen LogP contribution >= 0.6 is 0 Å². The minimum Gasteiger partial charge on any atom is -0.317 e. The molecule has 162 valence electrons. The Bertz CT molecular complexity index is 1270. The maximum absolute atomic E-state index is 13.5. The number of para-hydroxylation sites is 1. The van der Waals surface area contributed by atoms with E-state index in [2.05, 4.69) is 18.0 Å². The van der Waals surface area contributed by atoms with E-state index in [4.69, 9.17) is 0 Å². The summed E-state index contributed by atoms with van der Waals surface area (Å²) < 4.78 is 14.8. The second-order valence-corrected chi connectivity index (χ2v) is 7.76. The number of carbonyl (C=O) groups excluding carboxylic acids is 1. The van der Waals surface area contributed by atoms with Gasteiger partial charge in [0.05, 0.1) is 17.7 Å². The number of anilines is 1. The first-order valence-electron chi connectivity index (χ1n) is 10.5. The standard InChI is InChI=1S/C25H23FN4O2/c1-2-23(31)30(19-11-13-28-14-12-19)24-20-5-3-4-6-22(20)29(25(32)21(24)15-27)16-17-7-9-18(26)10-8-17/h2-10,19,28H,1,11-14,16H2. The van der Waals surface area contributed by atoms with Crippen molar-refractivity contribution in [3.63, 3.8) is 0 Å². The lowest BCUT2D eigenvalue weighted by atomic mass is 10.00. The summed E-state index contributed by atoms with van der Waals surface area (Å²) in [7, 11) is 0. The number of nitriles is 1. The molecule has 0 radical (unpaired) electrons. The summed E-state index contributed by atoms with van der Waals surface area (Å²) in [5.41, 5.74) is 1.10. The normalized spacial score (nSPS) is 14.1.